The maximum Gasteiger partial charge on any atom is 0.148 e. The van der Waals surface area contributed by atoms with Crippen LogP contribution in [0.1, 0.15) is 24.5 Å². The minimum absolute atomic E-state index is 0.00338. The lowest BCUT2D eigenvalue weighted by molar-refractivity contribution is -0.117. The van der Waals surface area contributed by atoms with Crippen molar-refractivity contribution in [1.29, 1.82) is 0 Å². The van der Waals surface area contributed by atoms with Crippen LogP contribution >= 0.6 is 0 Å². The Balaban J connectivity index is 2.19. The molecule has 1 aromatic carbocycles. The predicted octanol–water partition coefficient (Wildman–Crippen LogP) is 2.11. The third-order valence-corrected chi connectivity index (χ3v) is 2.69. The van der Waals surface area contributed by atoms with Crippen molar-refractivity contribution >= 4 is 6.29 Å². The zero-order valence-electron chi connectivity index (χ0n) is 8.68. The molecule has 2 rings (SSSR count). The maximum absolute atomic E-state index is 10.6. The molecular weight excluding hydrogens is 192 g/mol. The van der Waals surface area contributed by atoms with Gasteiger partial charge in [0.25, 0.3) is 0 Å². The molecule has 1 aromatic rings. The van der Waals surface area contributed by atoms with Gasteiger partial charge >= 0.3 is 0 Å². The Morgan fingerprint density at radius 1 is 1.40 bits per heavy atom. The number of benzene rings is 1. The molecule has 3 heteroatoms. The van der Waals surface area contributed by atoms with Crippen molar-refractivity contribution < 1.29 is 14.3 Å². The first-order chi connectivity index (χ1) is 7.35. The van der Waals surface area contributed by atoms with E-state index in [4.69, 9.17) is 9.47 Å². The van der Waals surface area contributed by atoms with Gasteiger partial charge in [-0.25, -0.2) is 0 Å². The number of hydrogen-bond acceptors (Lipinski definition) is 3. The van der Waals surface area contributed by atoms with Crippen LogP contribution in [-0.2, 0) is 9.53 Å². The summed E-state index contributed by atoms with van der Waals surface area (Å²) in [5.74, 6) is 0.828. The first-order valence-corrected chi connectivity index (χ1v) is 5.09. The van der Waals surface area contributed by atoms with Crippen LogP contribution in [0.2, 0.25) is 0 Å². The van der Waals surface area contributed by atoms with E-state index in [0.717, 1.165) is 30.4 Å². The van der Waals surface area contributed by atoms with Gasteiger partial charge in [0.05, 0.1) is 13.2 Å². The van der Waals surface area contributed by atoms with E-state index < -0.39 is 0 Å². The highest BCUT2D eigenvalue weighted by atomic mass is 16.5. The van der Waals surface area contributed by atoms with Gasteiger partial charge < -0.3 is 14.3 Å². The molecule has 3 nitrogen and oxygen atoms in total. The van der Waals surface area contributed by atoms with Crippen LogP contribution in [0.25, 0.3) is 0 Å². The molecule has 0 saturated carbocycles. The normalized spacial score (nSPS) is 25.1. The zero-order valence-corrected chi connectivity index (χ0v) is 8.68. The van der Waals surface area contributed by atoms with E-state index in [9.17, 15) is 4.79 Å². The molecule has 0 radical (unpaired) electrons. The zero-order chi connectivity index (χ0) is 10.7. The summed E-state index contributed by atoms with van der Waals surface area (Å²) in [5, 5.41) is 0. The summed E-state index contributed by atoms with van der Waals surface area (Å²) in [7, 11) is 1.64. The Kier molecular flexibility index (Phi) is 3.02. The van der Waals surface area contributed by atoms with Crippen LogP contribution in [0.5, 0.6) is 5.75 Å². The summed E-state index contributed by atoms with van der Waals surface area (Å²) in [6.45, 7) is 0. The summed E-state index contributed by atoms with van der Waals surface area (Å²) in [6.07, 6.45) is 2.29. The quantitative estimate of drug-likeness (QED) is 0.710. The van der Waals surface area contributed by atoms with Gasteiger partial charge in [-0.3, -0.25) is 0 Å². The second-order valence-corrected chi connectivity index (χ2v) is 3.62. The smallest absolute Gasteiger partial charge is 0.148 e. The number of methoxy groups -OCH3 is 1. The number of hydrogen-bond donors (Lipinski definition) is 0. The van der Waals surface area contributed by atoms with Gasteiger partial charge in [0.15, 0.2) is 0 Å². The third-order valence-electron chi connectivity index (χ3n) is 2.69. The Hall–Kier alpha value is -1.35. The fourth-order valence-electron chi connectivity index (χ4n) is 1.92. The second-order valence-electron chi connectivity index (χ2n) is 3.62. The van der Waals surface area contributed by atoms with Gasteiger partial charge in [0, 0.05) is 5.56 Å². The SMILES string of the molecule is COc1ccccc1C1CCC(C=O)O1. The highest BCUT2D eigenvalue weighted by Gasteiger charge is 2.27. The number of aldehydes is 1. The predicted molar refractivity (Wildman–Crippen MR) is 55.9 cm³/mol. The molecule has 0 N–H and O–H groups in total. The first-order valence-electron chi connectivity index (χ1n) is 5.09. The standard InChI is InChI=1S/C12H14O3/c1-14-11-5-3-2-4-10(11)12-7-6-9(8-13)15-12/h2-5,8-9,12H,6-7H2,1H3. The number of para-hydroxylation sites is 1. The van der Waals surface area contributed by atoms with Crippen molar-refractivity contribution in [3.63, 3.8) is 0 Å². The molecule has 15 heavy (non-hydrogen) atoms. The van der Waals surface area contributed by atoms with E-state index in [1.165, 1.54) is 0 Å². The molecule has 2 atom stereocenters. The molecule has 0 bridgehead atoms. The molecular formula is C12H14O3. The number of carbonyl (C=O) groups excluding carboxylic acids is 1. The van der Waals surface area contributed by atoms with Gasteiger partial charge in [-0.05, 0) is 18.9 Å². The van der Waals surface area contributed by atoms with E-state index in [-0.39, 0.29) is 12.2 Å². The Bertz CT molecular complexity index is 348. The van der Waals surface area contributed by atoms with Gasteiger partial charge in [-0.15, -0.1) is 0 Å². The van der Waals surface area contributed by atoms with Crippen LogP contribution in [0.15, 0.2) is 24.3 Å². The molecule has 0 aromatic heterocycles. The minimum atomic E-state index is -0.250. The Morgan fingerprint density at radius 3 is 2.87 bits per heavy atom. The monoisotopic (exact) mass is 206 g/mol. The molecule has 1 aliphatic heterocycles. The fraction of sp³-hybridized carbons (Fsp3) is 0.417. The highest BCUT2D eigenvalue weighted by Crippen LogP contribution is 2.36. The first kappa shape index (κ1) is 10.2. The molecule has 1 aliphatic rings. The second kappa shape index (κ2) is 4.45. The van der Waals surface area contributed by atoms with Crippen molar-refractivity contribution in [2.24, 2.45) is 0 Å². The molecule has 1 heterocycles. The Morgan fingerprint density at radius 2 is 2.20 bits per heavy atom. The van der Waals surface area contributed by atoms with Crippen molar-refractivity contribution in [2.45, 2.75) is 25.0 Å². The molecule has 1 saturated heterocycles. The van der Waals surface area contributed by atoms with Gasteiger partial charge in [0.1, 0.15) is 18.1 Å². The van der Waals surface area contributed by atoms with Crippen LogP contribution in [0.4, 0.5) is 0 Å². The van der Waals surface area contributed by atoms with Gasteiger partial charge in [0.2, 0.25) is 0 Å². The van der Waals surface area contributed by atoms with E-state index in [1.807, 2.05) is 24.3 Å². The van der Waals surface area contributed by atoms with Crippen molar-refractivity contribution in [3.05, 3.63) is 29.8 Å². The van der Waals surface area contributed by atoms with Crippen LogP contribution < -0.4 is 4.74 Å². The van der Waals surface area contributed by atoms with E-state index in [0.29, 0.717) is 0 Å². The number of carbonyl (C=O) groups is 1. The average Bonchev–Trinajstić information content (AvgIpc) is 2.77. The topological polar surface area (TPSA) is 35.5 Å². The molecule has 1 fully saturated rings. The van der Waals surface area contributed by atoms with E-state index >= 15 is 0 Å². The maximum atomic E-state index is 10.6. The van der Waals surface area contributed by atoms with E-state index in [2.05, 4.69) is 0 Å². The van der Waals surface area contributed by atoms with Gasteiger partial charge in [-0.1, -0.05) is 18.2 Å². The highest BCUT2D eigenvalue weighted by molar-refractivity contribution is 5.56. The van der Waals surface area contributed by atoms with Crippen LogP contribution in [0, 0.1) is 0 Å². The van der Waals surface area contributed by atoms with Gasteiger partial charge in [-0.2, -0.15) is 0 Å². The lowest BCUT2D eigenvalue weighted by Crippen LogP contribution is -2.07. The van der Waals surface area contributed by atoms with Crippen molar-refractivity contribution in [2.75, 3.05) is 7.11 Å². The summed E-state index contributed by atoms with van der Waals surface area (Å²) in [4.78, 5) is 10.6. The summed E-state index contributed by atoms with van der Waals surface area (Å²) < 4.78 is 10.8. The summed E-state index contributed by atoms with van der Waals surface area (Å²) >= 11 is 0. The molecule has 2 unspecified atom stereocenters. The fourth-order valence-corrected chi connectivity index (χ4v) is 1.92. The lowest BCUT2D eigenvalue weighted by Gasteiger charge is -2.14. The van der Waals surface area contributed by atoms with Crippen molar-refractivity contribution in [1.82, 2.24) is 0 Å². The Labute approximate surface area is 89.0 Å². The molecule has 80 valence electrons. The summed E-state index contributed by atoms with van der Waals surface area (Å²) in [6, 6.07) is 7.77. The van der Waals surface area contributed by atoms with E-state index in [1.54, 1.807) is 7.11 Å². The third kappa shape index (κ3) is 2.02. The van der Waals surface area contributed by atoms with Crippen LogP contribution in [0.3, 0.4) is 0 Å². The van der Waals surface area contributed by atoms with Crippen molar-refractivity contribution in [3.8, 4) is 5.75 Å². The summed E-state index contributed by atoms with van der Waals surface area (Å²) in [5.41, 5.74) is 1.03. The molecule has 0 amide bonds. The molecule has 0 spiro atoms. The minimum Gasteiger partial charge on any atom is -0.496 e. The molecule has 0 aliphatic carbocycles. The van der Waals surface area contributed by atoms with Crippen LogP contribution in [-0.4, -0.2) is 19.5 Å². The number of ether oxygens (including phenoxy) is 2. The average molecular weight is 206 g/mol. The lowest BCUT2D eigenvalue weighted by atomic mass is 10.1. The largest absolute Gasteiger partial charge is 0.496 e. The number of rotatable bonds is 3.